The van der Waals surface area contributed by atoms with E-state index in [9.17, 15) is 4.39 Å². The summed E-state index contributed by atoms with van der Waals surface area (Å²) in [4.78, 5) is 2.27. The van der Waals surface area contributed by atoms with Crippen LogP contribution in [0.3, 0.4) is 0 Å². The number of fused-ring (bicyclic) bond motifs is 1. The first kappa shape index (κ1) is 13.3. The first-order valence-corrected chi connectivity index (χ1v) is 6.75. The summed E-state index contributed by atoms with van der Waals surface area (Å²) in [7, 11) is 1.72. The van der Waals surface area contributed by atoms with E-state index in [0.717, 1.165) is 25.2 Å². The number of ether oxygens (including phenoxy) is 1. The van der Waals surface area contributed by atoms with Crippen molar-refractivity contribution in [2.45, 2.75) is 25.7 Å². The van der Waals surface area contributed by atoms with Gasteiger partial charge in [0.05, 0.1) is 18.3 Å². The summed E-state index contributed by atoms with van der Waals surface area (Å²) in [6, 6.07) is 8.78. The van der Waals surface area contributed by atoms with Gasteiger partial charge in [-0.25, -0.2) is 4.39 Å². The van der Waals surface area contributed by atoms with Crippen LogP contribution in [0.4, 0.5) is 4.39 Å². The van der Waals surface area contributed by atoms with Gasteiger partial charge in [0.25, 0.3) is 0 Å². The molecule has 20 heavy (non-hydrogen) atoms. The number of hydrogen-bond acceptors (Lipinski definition) is 3. The van der Waals surface area contributed by atoms with Crippen molar-refractivity contribution in [3.8, 4) is 0 Å². The predicted octanol–water partition coefficient (Wildman–Crippen LogP) is 2.05. The smallest absolute Gasteiger partial charge is 0.123 e. The predicted molar refractivity (Wildman–Crippen MR) is 73.5 cm³/mol. The Morgan fingerprint density at radius 3 is 3.05 bits per heavy atom. The molecule has 2 heterocycles. The Morgan fingerprint density at radius 2 is 2.25 bits per heavy atom. The van der Waals surface area contributed by atoms with Crippen molar-refractivity contribution >= 4 is 0 Å². The zero-order valence-corrected chi connectivity index (χ0v) is 11.5. The van der Waals surface area contributed by atoms with E-state index in [1.165, 1.54) is 11.8 Å². The van der Waals surface area contributed by atoms with Crippen LogP contribution >= 0.6 is 0 Å². The van der Waals surface area contributed by atoms with E-state index in [0.29, 0.717) is 6.54 Å². The summed E-state index contributed by atoms with van der Waals surface area (Å²) in [5.41, 5.74) is 2.15. The van der Waals surface area contributed by atoms with Crippen LogP contribution in [0.2, 0.25) is 0 Å². The second-order valence-electron chi connectivity index (χ2n) is 5.16. The van der Waals surface area contributed by atoms with Crippen LogP contribution in [0.5, 0.6) is 0 Å². The molecule has 1 atom stereocenters. The second kappa shape index (κ2) is 5.73. The van der Waals surface area contributed by atoms with Crippen molar-refractivity contribution in [3.63, 3.8) is 0 Å². The maximum absolute atomic E-state index is 13.3. The summed E-state index contributed by atoms with van der Waals surface area (Å²) in [6.07, 6.45) is 1.91. The van der Waals surface area contributed by atoms with Crippen LogP contribution in [0, 0.1) is 5.82 Å². The maximum atomic E-state index is 13.3. The Morgan fingerprint density at radius 1 is 1.35 bits per heavy atom. The highest BCUT2D eigenvalue weighted by Gasteiger charge is 2.22. The summed E-state index contributed by atoms with van der Waals surface area (Å²) in [5, 5.41) is 4.32. The largest absolute Gasteiger partial charge is 0.378 e. The molecule has 4 nitrogen and oxygen atoms in total. The molecule has 1 aromatic carbocycles. The molecule has 1 aliphatic heterocycles. The fraction of sp³-hybridized carbons (Fsp3) is 0.400. The summed E-state index contributed by atoms with van der Waals surface area (Å²) < 4.78 is 20.8. The highest BCUT2D eigenvalue weighted by atomic mass is 19.1. The van der Waals surface area contributed by atoms with Crippen molar-refractivity contribution in [2.75, 3.05) is 13.7 Å². The lowest BCUT2D eigenvalue weighted by atomic mass is 10.2. The van der Waals surface area contributed by atoms with Crippen LogP contribution in [-0.2, 0) is 24.4 Å². The highest BCUT2D eigenvalue weighted by Crippen LogP contribution is 2.16. The zero-order valence-electron chi connectivity index (χ0n) is 11.5. The normalized spacial score (nSPS) is 19.6. The molecule has 3 rings (SSSR count). The highest BCUT2D eigenvalue weighted by molar-refractivity contribution is 5.16. The average Bonchev–Trinajstić information content (AvgIpc) is 2.78. The van der Waals surface area contributed by atoms with Gasteiger partial charge in [0, 0.05) is 32.9 Å². The maximum Gasteiger partial charge on any atom is 0.123 e. The molecule has 2 aromatic rings. The molecule has 0 saturated carbocycles. The third kappa shape index (κ3) is 2.89. The minimum Gasteiger partial charge on any atom is -0.378 e. The van der Waals surface area contributed by atoms with E-state index in [4.69, 9.17) is 4.74 Å². The van der Waals surface area contributed by atoms with Crippen LogP contribution in [0.1, 0.15) is 11.3 Å². The summed E-state index contributed by atoms with van der Waals surface area (Å²) in [5.74, 6) is -0.189. The minimum atomic E-state index is -0.189. The first-order valence-electron chi connectivity index (χ1n) is 6.75. The van der Waals surface area contributed by atoms with Gasteiger partial charge in [-0.2, -0.15) is 5.10 Å². The molecular weight excluding hydrogens is 257 g/mol. The summed E-state index contributed by atoms with van der Waals surface area (Å²) in [6.45, 7) is 3.09. The SMILES string of the molecule is CO[C@H]1CN(Cc2cccc(F)c2)Cc2ccnn2C1. The standard InChI is InChI=1S/C15H18FN3O/c1-20-15-10-18(8-12-3-2-4-13(16)7-12)9-14-5-6-17-19(14)11-15/h2-7,15H,8-11H2,1H3/t15-/m0/s1. The molecule has 0 saturated heterocycles. The minimum absolute atomic E-state index is 0.102. The topological polar surface area (TPSA) is 30.3 Å². The van der Waals surface area contributed by atoms with Crippen LogP contribution in [-0.4, -0.2) is 34.4 Å². The van der Waals surface area contributed by atoms with Crippen molar-refractivity contribution in [1.82, 2.24) is 14.7 Å². The average molecular weight is 275 g/mol. The van der Waals surface area contributed by atoms with Gasteiger partial charge < -0.3 is 4.74 Å². The second-order valence-corrected chi connectivity index (χ2v) is 5.16. The number of hydrogen-bond donors (Lipinski definition) is 0. The molecule has 106 valence electrons. The lowest BCUT2D eigenvalue weighted by molar-refractivity contribution is 0.0547. The molecule has 0 fully saturated rings. The zero-order chi connectivity index (χ0) is 13.9. The molecule has 0 spiro atoms. The van der Waals surface area contributed by atoms with Gasteiger partial charge in [0.2, 0.25) is 0 Å². The molecule has 1 aromatic heterocycles. The number of benzene rings is 1. The van der Waals surface area contributed by atoms with Gasteiger partial charge in [0.15, 0.2) is 0 Å². The fourth-order valence-corrected chi connectivity index (χ4v) is 2.65. The molecule has 5 heteroatoms. The Balaban J connectivity index is 1.79. The van der Waals surface area contributed by atoms with Gasteiger partial charge in [-0.3, -0.25) is 9.58 Å². The first-order chi connectivity index (χ1) is 9.74. The molecule has 0 bridgehead atoms. The number of methoxy groups -OCH3 is 1. The van der Waals surface area contributed by atoms with Crippen LogP contribution < -0.4 is 0 Å². The van der Waals surface area contributed by atoms with E-state index in [1.54, 1.807) is 19.2 Å². The monoisotopic (exact) mass is 275 g/mol. The number of aromatic nitrogens is 2. The Labute approximate surface area is 117 Å². The lowest BCUT2D eigenvalue weighted by Crippen LogP contribution is -2.32. The van der Waals surface area contributed by atoms with E-state index >= 15 is 0 Å². The van der Waals surface area contributed by atoms with Crippen molar-refractivity contribution < 1.29 is 9.13 Å². The van der Waals surface area contributed by atoms with Crippen LogP contribution in [0.15, 0.2) is 36.5 Å². The molecule has 0 amide bonds. The fourth-order valence-electron chi connectivity index (χ4n) is 2.65. The Bertz CT molecular complexity index is 584. The third-order valence-electron chi connectivity index (χ3n) is 3.66. The molecule has 0 radical (unpaired) electrons. The van der Waals surface area contributed by atoms with Gasteiger partial charge in [0.1, 0.15) is 5.82 Å². The van der Waals surface area contributed by atoms with Crippen LogP contribution in [0.25, 0.3) is 0 Å². The summed E-state index contributed by atoms with van der Waals surface area (Å²) >= 11 is 0. The van der Waals surface area contributed by atoms with Gasteiger partial charge >= 0.3 is 0 Å². The van der Waals surface area contributed by atoms with E-state index in [1.807, 2.05) is 23.0 Å². The Hall–Kier alpha value is -1.72. The number of rotatable bonds is 3. The van der Waals surface area contributed by atoms with E-state index in [2.05, 4.69) is 10.00 Å². The van der Waals surface area contributed by atoms with Gasteiger partial charge in [-0.1, -0.05) is 12.1 Å². The van der Waals surface area contributed by atoms with Crippen molar-refractivity contribution in [1.29, 1.82) is 0 Å². The van der Waals surface area contributed by atoms with E-state index in [-0.39, 0.29) is 11.9 Å². The van der Waals surface area contributed by atoms with E-state index < -0.39 is 0 Å². The van der Waals surface area contributed by atoms with Gasteiger partial charge in [-0.05, 0) is 23.8 Å². The van der Waals surface area contributed by atoms with Gasteiger partial charge in [-0.15, -0.1) is 0 Å². The molecule has 0 aliphatic carbocycles. The lowest BCUT2D eigenvalue weighted by Gasteiger charge is -2.23. The molecule has 0 N–H and O–H groups in total. The van der Waals surface area contributed by atoms with Crippen molar-refractivity contribution in [3.05, 3.63) is 53.6 Å². The molecule has 1 aliphatic rings. The number of nitrogens with zero attached hydrogens (tertiary/aromatic N) is 3. The molecule has 0 unspecified atom stereocenters. The Kier molecular flexibility index (Phi) is 3.80. The third-order valence-corrected chi connectivity index (χ3v) is 3.66. The number of halogens is 1. The quantitative estimate of drug-likeness (QED) is 0.859. The molecular formula is C15H18FN3O. The van der Waals surface area contributed by atoms with Crippen molar-refractivity contribution in [2.24, 2.45) is 0 Å².